The van der Waals surface area contributed by atoms with Gasteiger partial charge in [-0.25, -0.2) is 9.37 Å². The summed E-state index contributed by atoms with van der Waals surface area (Å²) in [5.41, 5.74) is 2.20. The molecule has 1 heterocycles. The minimum atomic E-state index is -0.397. The van der Waals surface area contributed by atoms with Crippen LogP contribution in [0, 0.1) is 19.7 Å². The first-order chi connectivity index (χ1) is 12.0. The number of anilines is 1. The van der Waals surface area contributed by atoms with Gasteiger partial charge in [0.2, 0.25) is 0 Å². The molecular formula is C19H17FN2O2S. The molecule has 2 aromatic carbocycles. The highest BCUT2D eigenvalue weighted by Crippen LogP contribution is 2.22. The van der Waals surface area contributed by atoms with Crippen molar-refractivity contribution in [3.8, 4) is 5.75 Å². The van der Waals surface area contributed by atoms with E-state index in [2.05, 4.69) is 10.3 Å². The number of carbonyl (C=O) groups is 1. The summed E-state index contributed by atoms with van der Waals surface area (Å²) in [6.07, 6.45) is 0. The minimum absolute atomic E-state index is 0.293. The van der Waals surface area contributed by atoms with Gasteiger partial charge in [0.1, 0.15) is 28.1 Å². The molecule has 0 spiro atoms. The largest absolute Gasteiger partial charge is 0.486 e. The van der Waals surface area contributed by atoms with Crippen LogP contribution in [0.5, 0.6) is 5.75 Å². The lowest BCUT2D eigenvalue weighted by Gasteiger charge is -2.04. The molecule has 0 aliphatic carbocycles. The summed E-state index contributed by atoms with van der Waals surface area (Å²) < 4.78 is 18.9. The zero-order valence-electron chi connectivity index (χ0n) is 13.9. The van der Waals surface area contributed by atoms with Crippen LogP contribution in [0.4, 0.5) is 10.1 Å². The van der Waals surface area contributed by atoms with E-state index in [1.54, 1.807) is 19.1 Å². The first-order valence-corrected chi connectivity index (χ1v) is 8.55. The van der Waals surface area contributed by atoms with E-state index in [4.69, 9.17) is 4.74 Å². The molecule has 6 heteroatoms. The first kappa shape index (κ1) is 17.1. The molecule has 0 saturated carbocycles. The average molecular weight is 356 g/mol. The Balaban J connectivity index is 1.67. The summed E-state index contributed by atoms with van der Waals surface area (Å²) in [4.78, 5) is 17.2. The molecule has 0 saturated heterocycles. The van der Waals surface area contributed by atoms with E-state index in [9.17, 15) is 9.18 Å². The summed E-state index contributed by atoms with van der Waals surface area (Å²) in [5.74, 6) is 0.0532. The number of ether oxygens (including phenoxy) is 1. The molecule has 128 valence electrons. The molecular weight excluding hydrogens is 339 g/mol. The molecule has 0 radical (unpaired) electrons. The van der Waals surface area contributed by atoms with E-state index in [0.717, 1.165) is 11.3 Å². The van der Waals surface area contributed by atoms with Crippen molar-refractivity contribution in [2.24, 2.45) is 0 Å². The number of hydrogen-bond donors (Lipinski definition) is 1. The molecule has 0 fully saturated rings. The predicted molar refractivity (Wildman–Crippen MR) is 96.7 cm³/mol. The molecule has 0 atom stereocenters. The highest BCUT2D eigenvalue weighted by molar-refractivity contribution is 7.13. The second-order valence-corrected chi connectivity index (χ2v) is 6.67. The van der Waals surface area contributed by atoms with E-state index in [1.165, 1.54) is 23.5 Å². The van der Waals surface area contributed by atoms with E-state index >= 15 is 0 Å². The van der Waals surface area contributed by atoms with Crippen molar-refractivity contribution < 1.29 is 13.9 Å². The van der Waals surface area contributed by atoms with Gasteiger partial charge in [0.25, 0.3) is 5.91 Å². The Morgan fingerprint density at radius 2 is 1.96 bits per heavy atom. The van der Waals surface area contributed by atoms with Crippen LogP contribution in [0.25, 0.3) is 0 Å². The summed E-state index contributed by atoms with van der Waals surface area (Å²) in [7, 11) is 0. The van der Waals surface area contributed by atoms with E-state index in [-0.39, 0.29) is 5.91 Å². The normalized spacial score (nSPS) is 10.5. The van der Waals surface area contributed by atoms with Gasteiger partial charge in [-0.3, -0.25) is 4.79 Å². The average Bonchev–Trinajstić information content (AvgIpc) is 2.95. The number of benzene rings is 2. The predicted octanol–water partition coefficient (Wildman–Crippen LogP) is 4.73. The van der Waals surface area contributed by atoms with E-state index < -0.39 is 5.82 Å². The van der Waals surface area contributed by atoms with Crippen molar-refractivity contribution in [3.63, 3.8) is 0 Å². The molecule has 0 unspecified atom stereocenters. The van der Waals surface area contributed by atoms with Gasteiger partial charge in [-0.05, 0) is 44.2 Å². The number of halogens is 1. The van der Waals surface area contributed by atoms with Gasteiger partial charge in [0, 0.05) is 5.69 Å². The molecule has 1 aromatic heterocycles. The fourth-order valence-electron chi connectivity index (χ4n) is 2.26. The smallest absolute Gasteiger partial charge is 0.267 e. The zero-order chi connectivity index (χ0) is 17.8. The Morgan fingerprint density at radius 3 is 2.68 bits per heavy atom. The van der Waals surface area contributed by atoms with Gasteiger partial charge in [0.05, 0.1) is 5.69 Å². The summed E-state index contributed by atoms with van der Waals surface area (Å²) in [6, 6.07) is 13.5. The molecule has 0 aliphatic rings. The van der Waals surface area contributed by atoms with Crippen LogP contribution in [0.1, 0.15) is 25.9 Å². The fourth-order valence-corrected chi connectivity index (χ4v) is 3.13. The van der Waals surface area contributed by atoms with Gasteiger partial charge in [-0.2, -0.15) is 0 Å². The van der Waals surface area contributed by atoms with Gasteiger partial charge in [-0.15, -0.1) is 11.3 Å². The molecule has 3 aromatic rings. The third-order valence-electron chi connectivity index (χ3n) is 3.51. The molecule has 25 heavy (non-hydrogen) atoms. The molecule has 1 amide bonds. The Kier molecular flexibility index (Phi) is 5.09. The van der Waals surface area contributed by atoms with E-state index in [1.807, 2.05) is 31.2 Å². The SMILES string of the molecule is Cc1ccc(OCc2nc(C)c(C(=O)Nc3cccc(F)c3)s2)cc1. The van der Waals surface area contributed by atoms with Gasteiger partial charge < -0.3 is 10.1 Å². The number of aryl methyl sites for hydroxylation is 2. The number of carbonyl (C=O) groups excluding carboxylic acids is 1. The number of hydrogen-bond acceptors (Lipinski definition) is 4. The number of thiazole rings is 1. The topological polar surface area (TPSA) is 51.2 Å². The van der Waals surface area contributed by atoms with Crippen molar-refractivity contribution in [2.75, 3.05) is 5.32 Å². The Morgan fingerprint density at radius 1 is 1.20 bits per heavy atom. The van der Waals surface area contributed by atoms with Crippen LogP contribution in [-0.4, -0.2) is 10.9 Å². The lowest BCUT2D eigenvalue weighted by atomic mass is 10.2. The maximum atomic E-state index is 13.2. The number of rotatable bonds is 5. The van der Waals surface area contributed by atoms with Crippen molar-refractivity contribution in [1.29, 1.82) is 0 Å². The van der Waals surface area contributed by atoms with Crippen LogP contribution in [0.2, 0.25) is 0 Å². The van der Waals surface area contributed by atoms with Gasteiger partial charge >= 0.3 is 0 Å². The lowest BCUT2D eigenvalue weighted by molar-refractivity contribution is 0.103. The van der Waals surface area contributed by atoms with Gasteiger partial charge in [0.15, 0.2) is 0 Å². The Bertz CT molecular complexity index is 891. The highest BCUT2D eigenvalue weighted by Gasteiger charge is 2.16. The second-order valence-electron chi connectivity index (χ2n) is 5.59. The van der Waals surface area contributed by atoms with Crippen molar-refractivity contribution in [1.82, 2.24) is 4.98 Å². The van der Waals surface area contributed by atoms with Crippen LogP contribution in [0.15, 0.2) is 48.5 Å². The maximum absolute atomic E-state index is 13.2. The number of nitrogens with one attached hydrogen (secondary N) is 1. The summed E-state index contributed by atoms with van der Waals surface area (Å²) in [5, 5.41) is 3.39. The fraction of sp³-hybridized carbons (Fsp3) is 0.158. The highest BCUT2D eigenvalue weighted by atomic mass is 32.1. The first-order valence-electron chi connectivity index (χ1n) is 7.74. The van der Waals surface area contributed by atoms with Crippen molar-refractivity contribution in [3.05, 3.63) is 75.5 Å². The van der Waals surface area contributed by atoms with Crippen molar-refractivity contribution >= 4 is 22.9 Å². The third kappa shape index (κ3) is 4.42. The summed E-state index contributed by atoms with van der Waals surface area (Å²) in [6.45, 7) is 4.08. The van der Waals surface area contributed by atoms with E-state index in [0.29, 0.717) is 27.9 Å². The Hall–Kier alpha value is -2.73. The number of aromatic nitrogens is 1. The standard InChI is InChI=1S/C19H17FN2O2S/c1-12-6-8-16(9-7-12)24-11-17-21-13(2)18(25-17)19(23)22-15-5-3-4-14(20)10-15/h3-10H,11H2,1-2H3,(H,22,23). The van der Waals surface area contributed by atoms with Crippen molar-refractivity contribution in [2.45, 2.75) is 20.5 Å². The van der Waals surface area contributed by atoms with Crippen LogP contribution in [-0.2, 0) is 6.61 Å². The maximum Gasteiger partial charge on any atom is 0.267 e. The summed E-state index contributed by atoms with van der Waals surface area (Å²) >= 11 is 1.27. The third-order valence-corrected chi connectivity index (χ3v) is 4.64. The molecule has 0 aliphatic heterocycles. The quantitative estimate of drug-likeness (QED) is 0.719. The molecule has 1 N–H and O–H groups in total. The molecule has 0 bridgehead atoms. The van der Waals surface area contributed by atoms with Gasteiger partial charge in [-0.1, -0.05) is 23.8 Å². The number of nitrogens with zero attached hydrogens (tertiary/aromatic N) is 1. The number of amides is 1. The molecule has 3 rings (SSSR count). The van der Waals surface area contributed by atoms with Crippen LogP contribution < -0.4 is 10.1 Å². The zero-order valence-corrected chi connectivity index (χ0v) is 14.7. The van der Waals surface area contributed by atoms with Crippen LogP contribution in [0.3, 0.4) is 0 Å². The monoisotopic (exact) mass is 356 g/mol. The lowest BCUT2D eigenvalue weighted by Crippen LogP contribution is -2.11. The minimum Gasteiger partial charge on any atom is -0.486 e. The van der Waals surface area contributed by atoms with Crippen LogP contribution >= 0.6 is 11.3 Å². The Labute approximate surface area is 149 Å². The molecule has 4 nitrogen and oxygen atoms in total. The second kappa shape index (κ2) is 7.44.